The molecule has 0 aliphatic heterocycles. The van der Waals surface area contributed by atoms with Gasteiger partial charge in [0.1, 0.15) is 11.6 Å². The Morgan fingerprint density at radius 1 is 1.40 bits per heavy atom. The number of alkyl carbamates (subject to hydrolysis) is 1. The van der Waals surface area contributed by atoms with E-state index >= 15 is 0 Å². The zero-order chi connectivity index (χ0) is 15.2. The molecule has 1 amide bonds. The molecule has 6 nitrogen and oxygen atoms in total. The molecule has 0 saturated carbocycles. The Labute approximate surface area is 118 Å². The molecule has 0 aromatic carbocycles. The molecule has 1 aromatic rings. The maximum Gasteiger partial charge on any atom is 0.408 e. The van der Waals surface area contributed by atoms with Crippen LogP contribution in [0.3, 0.4) is 0 Å². The Balaban J connectivity index is 2.70. The van der Waals surface area contributed by atoms with Gasteiger partial charge in [0.15, 0.2) is 0 Å². The lowest BCUT2D eigenvalue weighted by Gasteiger charge is -2.22. The number of esters is 1. The number of hydrogen-bond acceptors (Lipinski definition) is 5. The Hall–Kier alpha value is -2.11. The third-order valence-corrected chi connectivity index (χ3v) is 2.34. The molecular weight excluding hydrogens is 260 g/mol. The minimum absolute atomic E-state index is 0.291. The molecule has 0 fully saturated rings. The molecule has 1 unspecified atom stereocenters. The summed E-state index contributed by atoms with van der Waals surface area (Å²) < 4.78 is 9.81. The minimum Gasteiger partial charge on any atom is -0.467 e. The summed E-state index contributed by atoms with van der Waals surface area (Å²) >= 11 is 0. The number of methoxy groups -OCH3 is 1. The predicted molar refractivity (Wildman–Crippen MR) is 73.1 cm³/mol. The number of ether oxygens (including phenoxy) is 2. The van der Waals surface area contributed by atoms with Gasteiger partial charge in [-0.05, 0) is 32.4 Å². The van der Waals surface area contributed by atoms with Gasteiger partial charge >= 0.3 is 12.1 Å². The van der Waals surface area contributed by atoms with Crippen LogP contribution in [-0.4, -0.2) is 35.8 Å². The smallest absolute Gasteiger partial charge is 0.408 e. The Bertz CT molecular complexity index is 454. The van der Waals surface area contributed by atoms with Gasteiger partial charge in [-0.1, -0.05) is 6.07 Å². The Morgan fingerprint density at radius 3 is 2.60 bits per heavy atom. The topological polar surface area (TPSA) is 77.5 Å². The van der Waals surface area contributed by atoms with Gasteiger partial charge in [0, 0.05) is 18.8 Å². The van der Waals surface area contributed by atoms with Crippen LogP contribution < -0.4 is 5.32 Å². The summed E-state index contributed by atoms with van der Waals surface area (Å²) in [7, 11) is 1.27. The van der Waals surface area contributed by atoms with E-state index in [9.17, 15) is 9.59 Å². The first-order valence-corrected chi connectivity index (χ1v) is 6.28. The Kier molecular flexibility index (Phi) is 5.49. The molecule has 1 aromatic heterocycles. The molecule has 1 heterocycles. The standard InChI is InChI=1S/C14H20N2O4/c1-14(2,3)20-13(18)16-11(12(17)19-4)8-10-6-5-7-15-9-10/h5-7,9,11H,8H2,1-4H3,(H,16,18). The zero-order valence-corrected chi connectivity index (χ0v) is 12.2. The van der Waals surface area contributed by atoms with Crippen molar-refractivity contribution >= 4 is 12.1 Å². The first kappa shape index (κ1) is 15.9. The third-order valence-electron chi connectivity index (χ3n) is 2.34. The van der Waals surface area contributed by atoms with E-state index < -0.39 is 23.7 Å². The van der Waals surface area contributed by atoms with Crippen LogP contribution in [0, 0.1) is 0 Å². The summed E-state index contributed by atoms with van der Waals surface area (Å²) in [5, 5.41) is 2.51. The van der Waals surface area contributed by atoms with Crippen LogP contribution >= 0.6 is 0 Å². The number of rotatable bonds is 4. The average molecular weight is 280 g/mol. The highest BCUT2D eigenvalue weighted by Crippen LogP contribution is 2.08. The number of aromatic nitrogens is 1. The molecule has 1 N–H and O–H groups in total. The molecule has 0 aliphatic rings. The van der Waals surface area contributed by atoms with Crippen molar-refractivity contribution in [3.63, 3.8) is 0 Å². The summed E-state index contributed by atoms with van der Waals surface area (Å²) in [6.07, 6.45) is 2.90. The lowest BCUT2D eigenvalue weighted by Crippen LogP contribution is -2.45. The van der Waals surface area contributed by atoms with E-state index in [0.717, 1.165) is 5.56 Å². The van der Waals surface area contributed by atoms with E-state index in [1.807, 2.05) is 6.07 Å². The second-order valence-electron chi connectivity index (χ2n) is 5.29. The van der Waals surface area contributed by atoms with E-state index in [4.69, 9.17) is 4.74 Å². The molecule has 0 radical (unpaired) electrons. The summed E-state index contributed by atoms with van der Waals surface area (Å²) in [4.78, 5) is 27.4. The monoisotopic (exact) mass is 280 g/mol. The number of amides is 1. The fourth-order valence-electron chi connectivity index (χ4n) is 1.54. The van der Waals surface area contributed by atoms with Gasteiger partial charge in [-0.2, -0.15) is 0 Å². The molecule has 0 bridgehead atoms. The van der Waals surface area contributed by atoms with Crippen LogP contribution in [-0.2, 0) is 20.7 Å². The fraction of sp³-hybridized carbons (Fsp3) is 0.500. The second-order valence-corrected chi connectivity index (χ2v) is 5.29. The quantitative estimate of drug-likeness (QED) is 0.849. The van der Waals surface area contributed by atoms with Crippen molar-refractivity contribution in [1.82, 2.24) is 10.3 Å². The maximum absolute atomic E-state index is 11.7. The summed E-state index contributed by atoms with van der Waals surface area (Å²) in [6, 6.07) is 2.77. The molecule has 1 rings (SSSR count). The summed E-state index contributed by atoms with van der Waals surface area (Å²) in [5.74, 6) is -0.528. The number of carbonyl (C=O) groups is 2. The maximum atomic E-state index is 11.7. The second kappa shape index (κ2) is 6.88. The molecule has 0 aliphatic carbocycles. The summed E-state index contributed by atoms with van der Waals surface area (Å²) in [6.45, 7) is 5.25. The molecule has 6 heteroatoms. The average Bonchev–Trinajstić information content (AvgIpc) is 2.36. The molecule has 110 valence electrons. The predicted octanol–water partition coefficient (Wildman–Crippen LogP) is 1.69. The van der Waals surface area contributed by atoms with E-state index in [0.29, 0.717) is 6.42 Å². The first-order chi connectivity index (χ1) is 9.31. The van der Waals surface area contributed by atoms with Crippen LogP contribution in [0.4, 0.5) is 4.79 Å². The summed E-state index contributed by atoms with van der Waals surface area (Å²) in [5.41, 5.74) is 0.193. The van der Waals surface area contributed by atoms with Crippen molar-refractivity contribution in [2.75, 3.05) is 7.11 Å². The normalized spacial score (nSPS) is 12.4. The number of nitrogens with one attached hydrogen (secondary N) is 1. The molecule has 0 spiro atoms. The fourth-order valence-corrected chi connectivity index (χ4v) is 1.54. The lowest BCUT2D eigenvalue weighted by atomic mass is 10.1. The lowest BCUT2D eigenvalue weighted by molar-refractivity contribution is -0.143. The largest absolute Gasteiger partial charge is 0.467 e. The molecular formula is C14H20N2O4. The highest BCUT2D eigenvalue weighted by molar-refractivity contribution is 5.81. The van der Waals surface area contributed by atoms with Crippen LogP contribution in [0.25, 0.3) is 0 Å². The van der Waals surface area contributed by atoms with Gasteiger partial charge in [-0.25, -0.2) is 9.59 Å². The van der Waals surface area contributed by atoms with Crippen molar-refractivity contribution in [2.45, 2.75) is 38.8 Å². The van der Waals surface area contributed by atoms with Crippen molar-refractivity contribution in [2.24, 2.45) is 0 Å². The van der Waals surface area contributed by atoms with Gasteiger partial charge in [0.25, 0.3) is 0 Å². The number of hydrogen-bond donors (Lipinski definition) is 1. The van der Waals surface area contributed by atoms with E-state index in [1.54, 1.807) is 39.2 Å². The SMILES string of the molecule is COC(=O)C(Cc1cccnc1)NC(=O)OC(C)(C)C. The van der Waals surface area contributed by atoms with E-state index in [1.165, 1.54) is 7.11 Å². The highest BCUT2D eigenvalue weighted by atomic mass is 16.6. The van der Waals surface area contributed by atoms with Crippen molar-refractivity contribution < 1.29 is 19.1 Å². The van der Waals surface area contributed by atoms with E-state index in [2.05, 4.69) is 15.0 Å². The van der Waals surface area contributed by atoms with Gasteiger partial charge in [-0.3, -0.25) is 4.98 Å². The number of pyridine rings is 1. The van der Waals surface area contributed by atoms with Gasteiger partial charge < -0.3 is 14.8 Å². The van der Waals surface area contributed by atoms with Crippen LogP contribution in [0.1, 0.15) is 26.3 Å². The van der Waals surface area contributed by atoms with Crippen molar-refractivity contribution in [3.8, 4) is 0 Å². The van der Waals surface area contributed by atoms with Gasteiger partial charge in [0.05, 0.1) is 7.11 Å². The molecule has 0 saturated heterocycles. The third kappa shape index (κ3) is 5.69. The van der Waals surface area contributed by atoms with Crippen molar-refractivity contribution in [1.29, 1.82) is 0 Å². The van der Waals surface area contributed by atoms with E-state index in [-0.39, 0.29) is 0 Å². The number of carbonyl (C=O) groups excluding carboxylic acids is 2. The first-order valence-electron chi connectivity index (χ1n) is 6.28. The van der Waals surface area contributed by atoms with Crippen LogP contribution in [0.2, 0.25) is 0 Å². The Morgan fingerprint density at radius 2 is 2.10 bits per heavy atom. The zero-order valence-electron chi connectivity index (χ0n) is 12.2. The molecule has 1 atom stereocenters. The highest BCUT2D eigenvalue weighted by Gasteiger charge is 2.25. The number of nitrogens with zero attached hydrogens (tertiary/aromatic N) is 1. The minimum atomic E-state index is -0.806. The van der Waals surface area contributed by atoms with Crippen LogP contribution in [0.5, 0.6) is 0 Å². The van der Waals surface area contributed by atoms with Crippen molar-refractivity contribution in [3.05, 3.63) is 30.1 Å². The van der Waals surface area contributed by atoms with Crippen LogP contribution in [0.15, 0.2) is 24.5 Å². The van der Waals surface area contributed by atoms with Gasteiger partial charge in [-0.15, -0.1) is 0 Å². The van der Waals surface area contributed by atoms with Gasteiger partial charge in [0.2, 0.25) is 0 Å². The molecule has 20 heavy (non-hydrogen) atoms.